The summed E-state index contributed by atoms with van der Waals surface area (Å²) >= 11 is 0. The van der Waals surface area contributed by atoms with E-state index in [0.29, 0.717) is 4.90 Å². The van der Waals surface area contributed by atoms with Gasteiger partial charge in [0.25, 0.3) is 0 Å². The molecule has 0 bridgehead atoms. The zero-order chi connectivity index (χ0) is 13.7. The Kier molecular flexibility index (Phi) is 5.71. The molecule has 0 rings (SSSR count). The highest BCUT2D eigenvalue weighted by molar-refractivity contribution is 4.90. The second-order valence-corrected chi connectivity index (χ2v) is 3.30. The molecule has 1 atom stereocenters. The summed E-state index contributed by atoms with van der Waals surface area (Å²) in [5.74, 6) is -2.50. The van der Waals surface area contributed by atoms with Crippen LogP contribution in [0.4, 0.5) is 26.3 Å². The van der Waals surface area contributed by atoms with Crippen LogP contribution in [0.15, 0.2) is 0 Å². The maximum Gasteiger partial charge on any atom is 0.405 e. The fourth-order valence-corrected chi connectivity index (χ4v) is 1.11. The van der Waals surface area contributed by atoms with Crippen LogP contribution in [0.1, 0.15) is 0 Å². The Morgan fingerprint density at radius 3 is 2.00 bits per heavy atom. The first-order valence-corrected chi connectivity index (χ1v) is 4.46. The monoisotopic (exact) mass is 264 g/mol. The molecule has 0 radical (unpaired) electrons. The number of nitriles is 1. The highest BCUT2D eigenvalue weighted by atomic mass is 19.4. The van der Waals surface area contributed by atoms with Gasteiger partial charge in [-0.2, -0.15) is 31.6 Å². The zero-order valence-electron chi connectivity index (χ0n) is 8.52. The summed E-state index contributed by atoms with van der Waals surface area (Å²) in [6.45, 7) is -4.00. The minimum absolute atomic E-state index is 0.349. The Morgan fingerprint density at radius 2 is 1.71 bits per heavy atom. The van der Waals surface area contributed by atoms with Gasteiger partial charge in [-0.25, -0.2) is 0 Å². The summed E-state index contributed by atoms with van der Waals surface area (Å²) in [5.41, 5.74) is 0. The molecule has 3 nitrogen and oxygen atoms in total. The molecule has 0 saturated heterocycles. The first kappa shape index (κ1) is 16.0. The summed E-state index contributed by atoms with van der Waals surface area (Å²) in [6, 6.07) is 0.901. The predicted molar refractivity (Wildman–Crippen MR) is 44.7 cm³/mol. The molecule has 0 aliphatic heterocycles. The van der Waals surface area contributed by atoms with E-state index in [-0.39, 0.29) is 0 Å². The van der Waals surface area contributed by atoms with E-state index < -0.39 is 44.5 Å². The molecule has 17 heavy (non-hydrogen) atoms. The molecule has 0 aromatic heterocycles. The van der Waals surface area contributed by atoms with E-state index in [0.717, 1.165) is 6.07 Å². The van der Waals surface area contributed by atoms with E-state index >= 15 is 0 Å². The van der Waals surface area contributed by atoms with Crippen molar-refractivity contribution in [3.05, 3.63) is 0 Å². The lowest BCUT2D eigenvalue weighted by atomic mass is 10.1. The second kappa shape index (κ2) is 6.07. The van der Waals surface area contributed by atoms with Crippen molar-refractivity contribution in [1.29, 1.82) is 5.26 Å². The van der Waals surface area contributed by atoms with Gasteiger partial charge in [-0.3, -0.25) is 4.90 Å². The third-order valence-electron chi connectivity index (χ3n) is 1.81. The quantitative estimate of drug-likeness (QED) is 0.766. The molecule has 0 spiro atoms. The SMILES string of the molecule is N#CC(CN(CCO)CC(F)(F)F)C(F)(F)F. The smallest absolute Gasteiger partial charge is 0.395 e. The van der Waals surface area contributed by atoms with Crippen molar-refractivity contribution in [3.8, 4) is 6.07 Å². The molecule has 0 amide bonds. The number of hydrogen-bond donors (Lipinski definition) is 1. The van der Waals surface area contributed by atoms with Crippen molar-refractivity contribution in [2.24, 2.45) is 5.92 Å². The molecule has 0 aromatic rings. The van der Waals surface area contributed by atoms with Crippen molar-refractivity contribution in [3.63, 3.8) is 0 Å². The van der Waals surface area contributed by atoms with Gasteiger partial charge in [0.1, 0.15) is 0 Å². The molecule has 0 fully saturated rings. The van der Waals surface area contributed by atoms with Crippen LogP contribution in [-0.4, -0.2) is 48.6 Å². The van der Waals surface area contributed by atoms with E-state index in [1.165, 1.54) is 0 Å². The molecule has 0 aromatic carbocycles. The summed E-state index contributed by atoms with van der Waals surface area (Å²) in [7, 11) is 0. The lowest BCUT2D eigenvalue weighted by Gasteiger charge is -2.25. The van der Waals surface area contributed by atoms with Gasteiger partial charge >= 0.3 is 12.4 Å². The van der Waals surface area contributed by atoms with Crippen LogP contribution in [0.25, 0.3) is 0 Å². The summed E-state index contributed by atoms with van der Waals surface area (Å²) in [5, 5.41) is 16.7. The molecule has 100 valence electrons. The zero-order valence-corrected chi connectivity index (χ0v) is 8.52. The topological polar surface area (TPSA) is 47.3 Å². The van der Waals surface area contributed by atoms with Crippen LogP contribution < -0.4 is 0 Å². The van der Waals surface area contributed by atoms with Crippen LogP contribution in [0, 0.1) is 17.2 Å². The minimum Gasteiger partial charge on any atom is -0.395 e. The Labute approximate surface area is 93.2 Å². The van der Waals surface area contributed by atoms with Gasteiger partial charge in [-0.05, 0) is 0 Å². The van der Waals surface area contributed by atoms with Gasteiger partial charge in [-0.1, -0.05) is 0 Å². The maximum atomic E-state index is 12.2. The number of halogens is 6. The lowest BCUT2D eigenvalue weighted by molar-refractivity contribution is -0.177. The Hall–Kier alpha value is -1.01. The van der Waals surface area contributed by atoms with E-state index in [1.54, 1.807) is 0 Å². The maximum absolute atomic E-state index is 12.2. The second-order valence-electron chi connectivity index (χ2n) is 3.30. The average Bonchev–Trinajstić information content (AvgIpc) is 2.09. The van der Waals surface area contributed by atoms with Gasteiger partial charge in [0, 0.05) is 13.1 Å². The summed E-state index contributed by atoms with van der Waals surface area (Å²) < 4.78 is 72.5. The molecule has 0 saturated carbocycles. The third kappa shape index (κ3) is 7.01. The van der Waals surface area contributed by atoms with Gasteiger partial charge in [0.05, 0.1) is 19.2 Å². The number of hydrogen-bond acceptors (Lipinski definition) is 3. The van der Waals surface area contributed by atoms with Crippen LogP contribution in [0.5, 0.6) is 0 Å². The van der Waals surface area contributed by atoms with E-state index in [4.69, 9.17) is 10.4 Å². The highest BCUT2D eigenvalue weighted by Gasteiger charge is 2.42. The predicted octanol–water partition coefficient (Wildman–Crippen LogP) is 1.55. The van der Waals surface area contributed by atoms with E-state index in [2.05, 4.69) is 0 Å². The standard InChI is InChI=1S/C8H10F6N2O/c9-7(10,11)5-16(1-2-17)4-6(3-15)8(12,13)14/h6,17H,1-2,4-5H2. The van der Waals surface area contributed by atoms with Gasteiger partial charge in [-0.15, -0.1) is 0 Å². The van der Waals surface area contributed by atoms with Gasteiger partial charge in [0.2, 0.25) is 0 Å². The van der Waals surface area contributed by atoms with Crippen LogP contribution in [0.3, 0.4) is 0 Å². The molecular weight excluding hydrogens is 254 g/mol. The van der Waals surface area contributed by atoms with Crippen LogP contribution in [0.2, 0.25) is 0 Å². The lowest BCUT2D eigenvalue weighted by Crippen LogP contribution is -2.42. The number of aliphatic hydroxyl groups excluding tert-OH is 1. The number of rotatable bonds is 5. The largest absolute Gasteiger partial charge is 0.405 e. The Balaban J connectivity index is 4.59. The molecule has 0 aliphatic rings. The van der Waals surface area contributed by atoms with Crippen LogP contribution in [-0.2, 0) is 0 Å². The van der Waals surface area contributed by atoms with Crippen LogP contribution >= 0.6 is 0 Å². The Bertz CT molecular complexity index is 269. The fraction of sp³-hybridized carbons (Fsp3) is 0.875. The molecule has 0 heterocycles. The summed E-state index contributed by atoms with van der Waals surface area (Å²) in [6.07, 6.45) is -9.56. The van der Waals surface area contributed by atoms with Gasteiger partial charge < -0.3 is 5.11 Å². The van der Waals surface area contributed by atoms with Crippen molar-refractivity contribution >= 4 is 0 Å². The number of alkyl halides is 6. The minimum atomic E-state index is -4.88. The fourth-order valence-electron chi connectivity index (χ4n) is 1.11. The van der Waals surface area contributed by atoms with Crippen molar-refractivity contribution in [1.82, 2.24) is 4.90 Å². The van der Waals surface area contributed by atoms with Gasteiger partial charge in [0.15, 0.2) is 5.92 Å². The Morgan fingerprint density at radius 1 is 1.18 bits per heavy atom. The molecule has 9 heteroatoms. The van der Waals surface area contributed by atoms with E-state index in [9.17, 15) is 26.3 Å². The molecule has 0 aliphatic carbocycles. The van der Waals surface area contributed by atoms with Crippen molar-refractivity contribution in [2.45, 2.75) is 12.4 Å². The summed E-state index contributed by atoms with van der Waals surface area (Å²) in [4.78, 5) is 0.349. The first-order chi connectivity index (χ1) is 7.60. The number of nitrogens with zero attached hydrogens (tertiary/aromatic N) is 2. The van der Waals surface area contributed by atoms with E-state index in [1.807, 2.05) is 0 Å². The molecule has 1 unspecified atom stereocenters. The first-order valence-electron chi connectivity index (χ1n) is 4.46. The van der Waals surface area contributed by atoms with Crippen molar-refractivity contribution in [2.75, 3.05) is 26.2 Å². The normalized spacial score (nSPS) is 14.8. The average molecular weight is 264 g/mol. The highest BCUT2D eigenvalue weighted by Crippen LogP contribution is 2.27. The molecule has 1 N–H and O–H groups in total. The molecular formula is C8H10F6N2O. The third-order valence-corrected chi connectivity index (χ3v) is 1.81. The van der Waals surface area contributed by atoms with Crippen molar-refractivity contribution < 1.29 is 31.4 Å². The number of aliphatic hydroxyl groups is 1.